The molecule has 0 saturated carbocycles. The van der Waals surface area contributed by atoms with E-state index in [1.807, 2.05) is 12.1 Å². The van der Waals surface area contributed by atoms with Crippen LogP contribution >= 0.6 is 11.8 Å². The van der Waals surface area contributed by atoms with Crippen molar-refractivity contribution in [1.29, 1.82) is 0 Å². The fraction of sp³-hybridized carbons (Fsp3) is 0.500. The lowest BCUT2D eigenvalue weighted by Crippen LogP contribution is -2.43. The van der Waals surface area contributed by atoms with Gasteiger partial charge in [-0.05, 0) is 39.3 Å². The van der Waals surface area contributed by atoms with E-state index in [1.165, 1.54) is 4.90 Å². The smallest absolute Gasteiger partial charge is 0.411 e. The van der Waals surface area contributed by atoms with Gasteiger partial charge in [-0.3, -0.25) is 4.90 Å². The number of rotatable bonds is 3. The minimum atomic E-state index is -1.00. The van der Waals surface area contributed by atoms with Crippen LogP contribution in [0.4, 0.5) is 4.79 Å². The summed E-state index contributed by atoms with van der Waals surface area (Å²) in [4.78, 5) is 26.0. The molecule has 1 aromatic carbocycles. The molecule has 5 nitrogen and oxygen atoms in total. The van der Waals surface area contributed by atoms with Gasteiger partial charge in [-0.15, -0.1) is 11.8 Å². The van der Waals surface area contributed by atoms with Gasteiger partial charge in [-0.1, -0.05) is 17.6 Å². The van der Waals surface area contributed by atoms with Crippen molar-refractivity contribution >= 4 is 37.1 Å². The van der Waals surface area contributed by atoms with Crippen LogP contribution in [0.5, 0.6) is 0 Å². The van der Waals surface area contributed by atoms with E-state index in [4.69, 9.17) is 12.6 Å². The highest BCUT2D eigenvalue weighted by atomic mass is 32.2. The predicted octanol–water partition coefficient (Wildman–Crippen LogP) is 2.04. The van der Waals surface area contributed by atoms with Gasteiger partial charge in [0.1, 0.15) is 19.5 Å². The molecule has 23 heavy (non-hydrogen) atoms. The molecule has 1 aliphatic rings. The van der Waals surface area contributed by atoms with Gasteiger partial charge >= 0.3 is 12.1 Å². The molecule has 1 amide bonds. The van der Waals surface area contributed by atoms with Crippen LogP contribution in [-0.2, 0) is 9.53 Å². The Morgan fingerprint density at radius 3 is 2.43 bits per heavy atom. The first-order chi connectivity index (χ1) is 10.7. The van der Waals surface area contributed by atoms with Crippen molar-refractivity contribution in [3.05, 3.63) is 24.3 Å². The highest BCUT2D eigenvalue weighted by Gasteiger charge is 2.41. The Bertz CT molecular complexity index is 585. The van der Waals surface area contributed by atoms with E-state index in [9.17, 15) is 14.7 Å². The Morgan fingerprint density at radius 1 is 1.30 bits per heavy atom. The van der Waals surface area contributed by atoms with Gasteiger partial charge in [0.25, 0.3) is 0 Å². The Morgan fingerprint density at radius 2 is 1.91 bits per heavy atom. The molecule has 2 radical (unpaired) electrons. The second-order valence-corrected chi connectivity index (χ2v) is 7.91. The lowest BCUT2D eigenvalue weighted by Gasteiger charge is -2.26. The highest BCUT2D eigenvalue weighted by molar-refractivity contribution is 8.00. The molecule has 2 atom stereocenters. The molecular weight excluding hydrogens is 313 g/mol. The molecule has 1 heterocycles. The van der Waals surface area contributed by atoms with E-state index in [1.54, 1.807) is 44.7 Å². The number of carboxylic acids is 1. The fourth-order valence-corrected chi connectivity index (χ4v) is 3.57. The summed E-state index contributed by atoms with van der Waals surface area (Å²) < 4.78 is 5.31. The van der Waals surface area contributed by atoms with E-state index in [-0.39, 0.29) is 5.25 Å². The van der Waals surface area contributed by atoms with Crippen LogP contribution in [-0.4, -0.2) is 53.4 Å². The van der Waals surface area contributed by atoms with Crippen LogP contribution < -0.4 is 5.46 Å². The van der Waals surface area contributed by atoms with Crippen molar-refractivity contribution < 1.29 is 19.4 Å². The molecule has 1 fully saturated rings. The minimum absolute atomic E-state index is 0.00671. The molecular formula is C16H20BNO4S. The van der Waals surface area contributed by atoms with E-state index in [0.717, 1.165) is 4.90 Å². The Kier molecular flexibility index (Phi) is 5.29. The van der Waals surface area contributed by atoms with Gasteiger partial charge in [0.15, 0.2) is 0 Å². The Hall–Kier alpha value is -1.63. The summed E-state index contributed by atoms with van der Waals surface area (Å²) in [5.74, 6) is -1.00. The van der Waals surface area contributed by atoms with Crippen molar-refractivity contribution in [1.82, 2.24) is 4.90 Å². The van der Waals surface area contributed by atoms with Crippen molar-refractivity contribution in [2.75, 3.05) is 6.54 Å². The lowest BCUT2D eigenvalue weighted by atomic mass is 9.97. The number of aliphatic carboxylic acids is 1. The van der Waals surface area contributed by atoms with Crippen LogP contribution in [0.2, 0.25) is 0 Å². The third kappa shape index (κ3) is 4.92. The number of likely N-dealkylation sites (tertiary alicyclic amines) is 1. The number of amides is 1. The second-order valence-electron chi connectivity index (χ2n) is 6.53. The van der Waals surface area contributed by atoms with Crippen molar-refractivity contribution in [3.63, 3.8) is 0 Å². The average Bonchev–Trinajstić information content (AvgIpc) is 2.84. The summed E-state index contributed by atoms with van der Waals surface area (Å²) in [7, 11) is 5.66. The average molecular weight is 333 g/mol. The normalized spacial score (nSPS) is 21.3. The van der Waals surface area contributed by atoms with Gasteiger partial charge in [0, 0.05) is 16.7 Å². The van der Waals surface area contributed by atoms with Gasteiger partial charge in [-0.25, -0.2) is 9.59 Å². The maximum absolute atomic E-state index is 12.2. The number of carboxylic acid groups (broad SMARTS) is 1. The zero-order valence-corrected chi connectivity index (χ0v) is 14.3. The van der Waals surface area contributed by atoms with Gasteiger partial charge in [0.05, 0.1) is 0 Å². The first-order valence-corrected chi connectivity index (χ1v) is 8.28. The number of hydrogen-bond donors (Lipinski definition) is 1. The number of benzene rings is 1. The van der Waals surface area contributed by atoms with E-state index in [2.05, 4.69) is 0 Å². The number of ether oxygens (including phenoxy) is 1. The van der Waals surface area contributed by atoms with Gasteiger partial charge in [-0.2, -0.15) is 0 Å². The number of hydrogen-bond acceptors (Lipinski definition) is 4. The van der Waals surface area contributed by atoms with Crippen LogP contribution in [0.25, 0.3) is 0 Å². The summed E-state index contributed by atoms with van der Waals surface area (Å²) in [6.45, 7) is 5.63. The van der Waals surface area contributed by atoms with Gasteiger partial charge < -0.3 is 9.84 Å². The summed E-state index contributed by atoms with van der Waals surface area (Å²) in [6, 6.07) is 6.55. The van der Waals surface area contributed by atoms with Gasteiger partial charge in [0.2, 0.25) is 0 Å². The second kappa shape index (κ2) is 6.87. The molecule has 0 spiro atoms. The summed E-state index contributed by atoms with van der Waals surface area (Å²) in [6.07, 6.45) is -0.186. The molecule has 2 rings (SSSR count). The van der Waals surface area contributed by atoms with Crippen LogP contribution in [0.15, 0.2) is 29.2 Å². The van der Waals surface area contributed by atoms with E-state index in [0.29, 0.717) is 18.4 Å². The molecule has 1 saturated heterocycles. The molecule has 0 bridgehead atoms. The van der Waals surface area contributed by atoms with Crippen LogP contribution in [0.3, 0.4) is 0 Å². The fourth-order valence-electron chi connectivity index (χ4n) is 2.38. The van der Waals surface area contributed by atoms with E-state index >= 15 is 0 Å². The number of nitrogens with zero attached hydrogens (tertiary/aromatic N) is 1. The summed E-state index contributed by atoms with van der Waals surface area (Å²) in [5, 5.41) is 9.38. The largest absolute Gasteiger partial charge is 0.480 e. The van der Waals surface area contributed by atoms with E-state index < -0.39 is 23.7 Å². The van der Waals surface area contributed by atoms with Crippen molar-refractivity contribution in [2.45, 2.75) is 49.0 Å². The monoisotopic (exact) mass is 333 g/mol. The predicted molar refractivity (Wildman–Crippen MR) is 90.5 cm³/mol. The number of thioether (sulfide) groups is 1. The maximum atomic E-state index is 12.2. The Balaban J connectivity index is 2.06. The topological polar surface area (TPSA) is 66.8 Å². The quantitative estimate of drug-likeness (QED) is 0.858. The van der Waals surface area contributed by atoms with Crippen molar-refractivity contribution in [3.8, 4) is 0 Å². The Labute approximate surface area is 141 Å². The third-order valence-electron chi connectivity index (χ3n) is 3.36. The standard InChI is InChI=1S/C16H20BNO4S/c1-16(2,3)22-15(21)18-9-12(8-13(18)14(19)20)23-11-6-4-10(17)5-7-11/h4-7,12-13H,8-9H2,1-3H3,(H,19,20)/t12-,13-/m0/s1. The molecule has 0 aliphatic carbocycles. The van der Waals surface area contributed by atoms with Crippen LogP contribution in [0.1, 0.15) is 27.2 Å². The first-order valence-electron chi connectivity index (χ1n) is 7.40. The van der Waals surface area contributed by atoms with Crippen molar-refractivity contribution in [2.24, 2.45) is 0 Å². The summed E-state index contributed by atoms with van der Waals surface area (Å²) in [5.41, 5.74) is 0.0297. The zero-order valence-electron chi connectivity index (χ0n) is 13.5. The molecule has 1 N–H and O–H groups in total. The molecule has 1 aromatic rings. The lowest BCUT2D eigenvalue weighted by molar-refractivity contribution is -0.142. The SMILES string of the molecule is [B]c1ccc(S[C@H]2C[C@@H](C(=O)O)N(C(=O)OC(C)(C)C)C2)cc1. The molecule has 122 valence electrons. The number of carbonyl (C=O) groups is 2. The molecule has 7 heteroatoms. The zero-order chi connectivity index (χ0) is 17.2. The summed E-state index contributed by atoms with van der Waals surface area (Å²) >= 11 is 1.55. The number of carbonyl (C=O) groups excluding carboxylic acids is 1. The molecule has 1 aliphatic heterocycles. The molecule has 0 unspecified atom stereocenters. The minimum Gasteiger partial charge on any atom is -0.480 e. The molecule has 0 aromatic heterocycles. The van der Waals surface area contributed by atoms with Crippen LogP contribution in [0, 0.1) is 0 Å². The highest BCUT2D eigenvalue weighted by Crippen LogP contribution is 2.33. The third-order valence-corrected chi connectivity index (χ3v) is 4.58. The maximum Gasteiger partial charge on any atom is 0.411 e. The first kappa shape index (κ1) is 17.7.